The molecule has 1 aliphatic heterocycles. The number of nitrogens with zero attached hydrogens (tertiary/aromatic N) is 5. The number of piperidine rings is 1. The fraction of sp³-hybridized carbons (Fsp3) is 0.400. The molecule has 0 spiro atoms. The van der Waals surface area contributed by atoms with Gasteiger partial charge in [0.25, 0.3) is 5.89 Å². The van der Waals surface area contributed by atoms with Gasteiger partial charge in [-0.1, -0.05) is 35.0 Å². The Morgan fingerprint density at radius 1 is 1.17 bits per heavy atom. The third-order valence-electron chi connectivity index (χ3n) is 5.38. The molecule has 0 unspecified atom stereocenters. The number of rotatable bonds is 6. The van der Waals surface area contributed by atoms with Crippen LogP contribution in [0.25, 0.3) is 11.6 Å². The summed E-state index contributed by atoms with van der Waals surface area (Å²) in [5.74, 6) is 1.25. The van der Waals surface area contributed by atoms with Crippen molar-refractivity contribution < 1.29 is 14.4 Å². The summed E-state index contributed by atoms with van der Waals surface area (Å²) in [6, 6.07) is 11.6. The van der Waals surface area contributed by atoms with Crippen LogP contribution in [0.3, 0.4) is 0 Å². The molecular formula is C20H22ClN5O3. The molecule has 3 aromatic rings. The molecular weight excluding hydrogens is 394 g/mol. The van der Waals surface area contributed by atoms with Crippen LogP contribution in [-0.2, 0) is 17.8 Å². The molecule has 0 radical (unpaired) electrons. The number of hydrogen-bond acceptors (Lipinski definition) is 8. The van der Waals surface area contributed by atoms with Crippen molar-refractivity contribution in [3.8, 4) is 11.6 Å². The maximum absolute atomic E-state index is 9.04. The van der Waals surface area contributed by atoms with Gasteiger partial charge >= 0.3 is 0 Å². The van der Waals surface area contributed by atoms with Crippen LogP contribution >= 0.6 is 11.6 Å². The van der Waals surface area contributed by atoms with Crippen molar-refractivity contribution in [1.82, 2.24) is 20.3 Å². The molecule has 0 saturated carbocycles. The predicted molar refractivity (Wildman–Crippen MR) is 108 cm³/mol. The van der Waals surface area contributed by atoms with Crippen molar-refractivity contribution in [2.24, 2.45) is 0 Å². The molecule has 0 atom stereocenters. The Morgan fingerprint density at radius 2 is 1.97 bits per heavy atom. The second-order valence-corrected chi connectivity index (χ2v) is 7.50. The number of aliphatic hydroxyl groups is 1. The predicted octanol–water partition coefficient (Wildman–Crippen LogP) is 2.90. The molecule has 1 aromatic carbocycles. The first-order valence-electron chi connectivity index (χ1n) is 9.43. The highest BCUT2D eigenvalue weighted by Crippen LogP contribution is 2.33. The number of methoxy groups -OCH3 is 1. The number of ether oxygens (including phenoxy) is 1. The second kappa shape index (κ2) is 8.44. The largest absolute Gasteiger partial charge is 0.388 e. The maximum Gasteiger partial charge on any atom is 0.278 e. The third kappa shape index (κ3) is 4.24. The first-order valence-corrected chi connectivity index (χ1v) is 9.81. The lowest BCUT2D eigenvalue weighted by atomic mass is 9.85. The van der Waals surface area contributed by atoms with Gasteiger partial charge in [-0.2, -0.15) is 4.98 Å². The Morgan fingerprint density at radius 3 is 2.59 bits per heavy atom. The van der Waals surface area contributed by atoms with Gasteiger partial charge in [0.1, 0.15) is 6.61 Å². The summed E-state index contributed by atoms with van der Waals surface area (Å²) in [6.45, 7) is 1.33. The van der Waals surface area contributed by atoms with E-state index in [1.807, 2.05) is 24.3 Å². The van der Waals surface area contributed by atoms with E-state index in [4.69, 9.17) is 26.0 Å². The highest BCUT2D eigenvalue weighted by atomic mass is 35.5. The van der Waals surface area contributed by atoms with Gasteiger partial charge in [0.05, 0.1) is 5.60 Å². The molecule has 0 amide bonds. The summed E-state index contributed by atoms with van der Waals surface area (Å²) in [5.41, 5.74) is 1.35. The van der Waals surface area contributed by atoms with Gasteiger partial charge in [0.15, 0.2) is 17.3 Å². The van der Waals surface area contributed by atoms with Crippen LogP contribution in [0.2, 0.25) is 5.02 Å². The second-order valence-electron chi connectivity index (χ2n) is 7.09. The van der Waals surface area contributed by atoms with Gasteiger partial charge in [-0.05, 0) is 36.6 Å². The van der Waals surface area contributed by atoms with Crippen LogP contribution in [0, 0.1) is 0 Å². The zero-order valence-electron chi connectivity index (χ0n) is 16.1. The first-order chi connectivity index (χ1) is 14.1. The van der Waals surface area contributed by atoms with Crippen LogP contribution in [-0.4, -0.2) is 51.2 Å². The van der Waals surface area contributed by atoms with Crippen LogP contribution in [0.5, 0.6) is 0 Å². The summed E-state index contributed by atoms with van der Waals surface area (Å²) in [7, 11) is 1.77. The average molecular weight is 416 g/mol. The minimum Gasteiger partial charge on any atom is -0.388 e. The number of aliphatic hydroxyl groups excluding tert-OH is 1. The van der Waals surface area contributed by atoms with Gasteiger partial charge in [0.2, 0.25) is 0 Å². The normalized spacial score (nSPS) is 16.2. The maximum atomic E-state index is 9.04. The Hall–Kier alpha value is -2.55. The molecule has 0 aliphatic carbocycles. The number of hydrogen-bond donors (Lipinski definition) is 1. The summed E-state index contributed by atoms with van der Waals surface area (Å²) in [4.78, 5) is 6.24. The zero-order valence-corrected chi connectivity index (χ0v) is 16.8. The van der Waals surface area contributed by atoms with E-state index < -0.39 is 0 Å². The molecule has 29 heavy (non-hydrogen) atoms. The molecule has 3 heterocycles. The Balaban J connectivity index is 1.42. The van der Waals surface area contributed by atoms with Crippen LogP contribution in [0.15, 0.2) is 40.9 Å². The van der Waals surface area contributed by atoms with E-state index in [-0.39, 0.29) is 23.9 Å². The average Bonchev–Trinajstić information content (AvgIpc) is 3.25. The van der Waals surface area contributed by atoms with Gasteiger partial charge in [0, 0.05) is 31.6 Å². The van der Waals surface area contributed by atoms with Gasteiger partial charge in [-0.25, -0.2) is 0 Å². The van der Waals surface area contributed by atoms with Crippen LogP contribution in [0.1, 0.15) is 24.2 Å². The van der Waals surface area contributed by atoms with Crippen molar-refractivity contribution in [2.45, 2.75) is 31.5 Å². The summed E-state index contributed by atoms with van der Waals surface area (Å²) in [6.07, 6.45) is 2.51. The smallest absolute Gasteiger partial charge is 0.278 e. The van der Waals surface area contributed by atoms with Crippen molar-refractivity contribution in [1.29, 1.82) is 0 Å². The molecule has 152 valence electrons. The summed E-state index contributed by atoms with van der Waals surface area (Å²) >= 11 is 6.35. The topological polar surface area (TPSA) is 97.4 Å². The highest BCUT2D eigenvalue weighted by Gasteiger charge is 2.35. The van der Waals surface area contributed by atoms with E-state index in [2.05, 4.69) is 31.3 Å². The fourth-order valence-corrected chi connectivity index (χ4v) is 3.82. The zero-order chi connectivity index (χ0) is 20.3. The summed E-state index contributed by atoms with van der Waals surface area (Å²) < 4.78 is 11.0. The molecule has 1 N–H and O–H groups in total. The summed E-state index contributed by atoms with van der Waals surface area (Å²) in [5, 5.41) is 22.0. The minimum atomic E-state index is -0.280. The van der Waals surface area contributed by atoms with E-state index in [1.54, 1.807) is 13.2 Å². The molecule has 4 rings (SSSR count). The Bertz CT molecular complexity index is 955. The lowest BCUT2D eigenvalue weighted by Gasteiger charge is -2.41. The molecule has 1 aliphatic rings. The SMILES string of the molecule is COC1(Cc2ccccc2Cl)CCN(c2ccc(-c3nc(CO)no3)nn2)CC1. The lowest BCUT2D eigenvalue weighted by Crippen LogP contribution is -2.47. The quantitative estimate of drug-likeness (QED) is 0.656. The standard InChI is InChI=1S/C20H22ClN5O3/c1-28-20(12-14-4-2-3-5-15(14)21)8-10-26(11-9-20)18-7-6-16(23-24-18)19-22-17(13-27)25-29-19/h2-7,27H,8-13H2,1H3. The van der Waals surface area contributed by atoms with Crippen molar-refractivity contribution >= 4 is 17.4 Å². The van der Waals surface area contributed by atoms with Gasteiger partial charge in [-0.3, -0.25) is 0 Å². The highest BCUT2D eigenvalue weighted by molar-refractivity contribution is 6.31. The number of aromatic nitrogens is 4. The van der Waals surface area contributed by atoms with Crippen molar-refractivity contribution in [3.05, 3.63) is 52.8 Å². The Kier molecular flexibility index (Phi) is 5.75. The van der Waals surface area contributed by atoms with E-state index in [1.165, 1.54) is 0 Å². The number of benzene rings is 1. The molecule has 1 fully saturated rings. The van der Waals surface area contributed by atoms with Crippen molar-refractivity contribution in [2.75, 3.05) is 25.1 Å². The fourth-order valence-electron chi connectivity index (χ4n) is 3.62. The van der Waals surface area contributed by atoms with E-state index in [0.717, 1.165) is 48.8 Å². The van der Waals surface area contributed by atoms with Crippen molar-refractivity contribution in [3.63, 3.8) is 0 Å². The minimum absolute atomic E-state index is 0.219. The first kappa shape index (κ1) is 19.8. The van der Waals surface area contributed by atoms with E-state index in [9.17, 15) is 0 Å². The lowest BCUT2D eigenvalue weighted by molar-refractivity contribution is -0.0290. The molecule has 1 saturated heterocycles. The van der Waals surface area contributed by atoms with Crippen LogP contribution < -0.4 is 4.90 Å². The Labute approximate surface area is 173 Å². The van der Waals surface area contributed by atoms with Gasteiger partial charge < -0.3 is 19.3 Å². The van der Waals surface area contributed by atoms with E-state index in [0.29, 0.717) is 5.69 Å². The van der Waals surface area contributed by atoms with Gasteiger partial charge in [-0.15, -0.1) is 10.2 Å². The molecule has 9 heteroatoms. The van der Waals surface area contributed by atoms with Crippen LogP contribution in [0.4, 0.5) is 5.82 Å². The monoisotopic (exact) mass is 415 g/mol. The van der Waals surface area contributed by atoms with E-state index >= 15 is 0 Å². The molecule has 0 bridgehead atoms. The number of anilines is 1. The number of halogens is 1. The third-order valence-corrected chi connectivity index (χ3v) is 5.75. The molecule has 8 nitrogen and oxygen atoms in total. The molecule has 2 aromatic heterocycles.